The molecule has 6 nitrogen and oxygen atoms in total. The molecule has 0 radical (unpaired) electrons. The lowest BCUT2D eigenvalue weighted by Gasteiger charge is -2.07. The maximum Gasteiger partial charge on any atom is 0.319 e. The number of nitrogens with one attached hydrogen (secondary N) is 1. The van der Waals surface area contributed by atoms with Gasteiger partial charge in [0, 0.05) is 6.61 Å². The van der Waals surface area contributed by atoms with Crippen LogP contribution >= 0.6 is 0 Å². The monoisotopic (exact) mass is 291 g/mol. The van der Waals surface area contributed by atoms with Crippen LogP contribution in [0.5, 0.6) is 0 Å². The molecule has 0 spiro atoms. The highest BCUT2D eigenvalue weighted by atomic mass is 16.6. The average molecular weight is 291 g/mol. The van der Waals surface area contributed by atoms with Crippen LogP contribution in [0.2, 0.25) is 0 Å². The Morgan fingerprint density at radius 1 is 0.850 bits per heavy atom. The first-order chi connectivity index (χ1) is 9.81. The summed E-state index contributed by atoms with van der Waals surface area (Å²) in [6, 6.07) is 0. The van der Waals surface area contributed by atoms with Crippen molar-refractivity contribution in [1.82, 2.24) is 5.32 Å². The van der Waals surface area contributed by atoms with Gasteiger partial charge >= 0.3 is 5.97 Å². The Hall–Kier alpha value is -0.690. The van der Waals surface area contributed by atoms with Gasteiger partial charge in [-0.2, -0.15) is 0 Å². The number of ether oxygens (including phenoxy) is 4. The van der Waals surface area contributed by atoms with E-state index in [1.807, 2.05) is 6.92 Å². The van der Waals surface area contributed by atoms with Crippen molar-refractivity contribution in [2.75, 3.05) is 59.3 Å². The van der Waals surface area contributed by atoms with E-state index in [2.05, 4.69) is 12.2 Å². The minimum atomic E-state index is -0.254. The van der Waals surface area contributed by atoms with E-state index in [1.54, 1.807) is 0 Å². The van der Waals surface area contributed by atoms with Gasteiger partial charge in [0.25, 0.3) is 0 Å². The van der Waals surface area contributed by atoms with Crippen molar-refractivity contribution in [2.24, 2.45) is 0 Å². The Bertz CT molecular complexity index is 214. The number of likely N-dealkylation sites (N-methyl/N-ethyl adjacent to an activating group) is 1. The second-order valence-corrected chi connectivity index (χ2v) is 4.19. The van der Waals surface area contributed by atoms with Crippen LogP contribution in [0.3, 0.4) is 0 Å². The first-order valence-corrected chi connectivity index (χ1v) is 7.40. The van der Waals surface area contributed by atoms with Crippen molar-refractivity contribution in [3.05, 3.63) is 0 Å². The lowest BCUT2D eigenvalue weighted by atomic mass is 10.4. The van der Waals surface area contributed by atoms with Gasteiger partial charge in [-0.3, -0.25) is 4.79 Å². The van der Waals surface area contributed by atoms with E-state index in [0.29, 0.717) is 33.0 Å². The molecule has 0 aliphatic rings. The van der Waals surface area contributed by atoms with Gasteiger partial charge in [0.1, 0.15) is 6.61 Å². The Kier molecular flexibility index (Phi) is 15.8. The number of hydrogen-bond acceptors (Lipinski definition) is 6. The summed E-state index contributed by atoms with van der Waals surface area (Å²) in [6.07, 6.45) is 2.24. The molecule has 0 atom stereocenters. The molecule has 20 heavy (non-hydrogen) atoms. The largest absolute Gasteiger partial charge is 0.462 e. The summed E-state index contributed by atoms with van der Waals surface area (Å²) >= 11 is 0. The maximum absolute atomic E-state index is 11.1. The fourth-order valence-electron chi connectivity index (χ4n) is 1.28. The molecule has 0 saturated carbocycles. The lowest BCUT2D eigenvalue weighted by Crippen LogP contribution is -2.25. The van der Waals surface area contributed by atoms with Gasteiger partial charge in [-0.05, 0) is 13.0 Å². The molecule has 0 saturated heterocycles. The molecule has 0 unspecified atom stereocenters. The third kappa shape index (κ3) is 15.4. The average Bonchev–Trinajstić information content (AvgIpc) is 2.46. The second kappa shape index (κ2) is 16.4. The van der Waals surface area contributed by atoms with E-state index in [9.17, 15) is 4.79 Å². The summed E-state index contributed by atoms with van der Waals surface area (Å²) in [7, 11) is 0. The third-order valence-electron chi connectivity index (χ3n) is 2.40. The van der Waals surface area contributed by atoms with Crippen LogP contribution in [0.25, 0.3) is 0 Å². The van der Waals surface area contributed by atoms with E-state index in [0.717, 1.165) is 26.0 Å². The third-order valence-corrected chi connectivity index (χ3v) is 2.40. The standard InChI is InChI=1S/C14H29NO5/c1-3-5-6-17-7-8-18-9-10-19-11-12-20-14(16)13-15-4-2/h15H,3-13H2,1-2H3. The molecule has 0 fully saturated rings. The quantitative estimate of drug-likeness (QED) is 0.358. The molecular weight excluding hydrogens is 262 g/mol. The molecule has 0 bridgehead atoms. The fourth-order valence-corrected chi connectivity index (χ4v) is 1.28. The van der Waals surface area contributed by atoms with E-state index < -0.39 is 0 Å². The molecule has 0 aliphatic carbocycles. The van der Waals surface area contributed by atoms with E-state index in [-0.39, 0.29) is 19.1 Å². The van der Waals surface area contributed by atoms with Gasteiger partial charge in [0.15, 0.2) is 0 Å². The summed E-state index contributed by atoms with van der Waals surface area (Å²) in [5, 5.41) is 2.89. The molecule has 0 aromatic heterocycles. The van der Waals surface area contributed by atoms with Gasteiger partial charge in [-0.1, -0.05) is 20.3 Å². The van der Waals surface area contributed by atoms with Gasteiger partial charge < -0.3 is 24.3 Å². The van der Waals surface area contributed by atoms with E-state index in [4.69, 9.17) is 18.9 Å². The molecule has 0 aliphatic heterocycles. The van der Waals surface area contributed by atoms with E-state index >= 15 is 0 Å². The van der Waals surface area contributed by atoms with Crippen molar-refractivity contribution in [1.29, 1.82) is 0 Å². The van der Waals surface area contributed by atoms with Crippen LogP contribution in [0.15, 0.2) is 0 Å². The minimum absolute atomic E-state index is 0.248. The molecule has 0 heterocycles. The Morgan fingerprint density at radius 2 is 1.40 bits per heavy atom. The van der Waals surface area contributed by atoms with Crippen LogP contribution in [0.1, 0.15) is 26.7 Å². The van der Waals surface area contributed by atoms with Crippen molar-refractivity contribution < 1.29 is 23.7 Å². The normalized spacial score (nSPS) is 10.7. The number of hydrogen-bond donors (Lipinski definition) is 1. The lowest BCUT2D eigenvalue weighted by molar-refractivity contribution is -0.144. The SMILES string of the molecule is CCCCOCCOCCOCCOC(=O)CNCC. The summed E-state index contributed by atoms with van der Waals surface area (Å²) in [5.41, 5.74) is 0. The van der Waals surface area contributed by atoms with E-state index in [1.165, 1.54) is 0 Å². The Labute approximate surface area is 122 Å². The van der Waals surface area contributed by atoms with Crippen molar-refractivity contribution in [2.45, 2.75) is 26.7 Å². The predicted molar refractivity (Wildman–Crippen MR) is 76.9 cm³/mol. The summed E-state index contributed by atoms with van der Waals surface area (Å²) in [5.74, 6) is -0.254. The Balaban J connectivity index is 3.04. The molecule has 0 rings (SSSR count). The molecular formula is C14H29NO5. The second-order valence-electron chi connectivity index (χ2n) is 4.19. The zero-order valence-electron chi connectivity index (χ0n) is 12.8. The van der Waals surface area contributed by atoms with Crippen LogP contribution < -0.4 is 5.32 Å². The van der Waals surface area contributed by atoms with Crippen LogP contribution in [-0.2, 0) is 23.7 Å². The van der Waals surface area contributed by atoms with Gasteiger partial charge in [-0.15, -0.1) is 0 Å². The smallest absolute Gasteiger partial charge is 0.319 e. The first kappa shape index (κ1) is 19.3. The van der Waals surface area contributed by atoms with Crippen molar-refractivity contribution >= 4 is 5.97 Å². The number of rotatable bonds is 15. The van der Waals surface area contributed by atoms with Crippen LogP contribution in [0, 0.1) is 0 Å². The molecule has 0 aromatic rings. The molecule has 1 N–H and O–H groups in total. The summed E-state index contributed by atoms with van der Waals surface area (Å²) in [6.45, 7) is 8.80. The fraction of sp³-hybridized carbons (Fsp3) is 0.929. The predicted octanol–water partition coefficient (Wildman–Crippen LogP) is 0.989. The number of carbonyl (C=O) groups is 1. The Morgan fingerprint density at radius 3 is 1.95 bits per heavy atom. The number of carbonyl (C=O) groups excluding carboxylic acids is 1. The van der Waals surface area contributed by atoms with Crippen molar-refractivity contribution in [3.63, 3.8) is 0 Å². The highest BCUT2D eigenvalue weighted by Crippen LogP contribution is 1.88. The molecule has 0 amide bonds. The van der Waals surface area contributed by atoms with Crippen molar-refractivity contribution in [3.8, 4) is 0 Å². The summed E-state index contributed by atoms with van der Waals surface area (Å²) in [4.78, 5) is 11.1. The maximum atomic E-state index is 11.1. The number of esters is 1. The highest BCUT2D eigenvalue weighted by molar-refractivity contribution is 5.71. The minimum Gasteiger partial charge on any atom is -0.462 e. The first-order valence-electron chi connectivity index (χ1n) is 7.40. The molecule has 0 aromatic carbocycles. The zero-order chi connectivity index (χ0) is 14.9. The van der Waals surface area contributed by atoms with Crippen LogP contribution in [0.4, 0.5) is 0 Å². The van der Waals surface area contributed by atoms with Gasteiger partial charge in [0.05, 0.1) is 39.6 Å². The van der Waals surface area contributed by atoms with Gasteiger partial charge in [0.2, 0.25) is 0 Å². The number of unbranched alkanes of at least 4 members (excludes halogenated alkanes) is 1. The highest BCUT2D eigenvalue weighted by Gasteiger charge is 2.00. The molecule has 6 heteroatoms. The van der Waals surface area contributed by atoms with Gasteiger partial charge in [-0.25, -0.2) is 0 Å². The van der Waals surface area contributed by atoms with Crippen LogP contribution in [-0.4, -0.2) is 65.3 Å². The topological polar surface area (TPSA) is 66.0 Å². The summed E-state index contributed by atoms with van der Waals surface area (Å²) < 4.78 is 20.9. The zero-order valence-corrected chi connectivity index (χ0v) is 12.8. The molecule has 120 valence electrons.